The molecule has 0 bridgehead atoms. The number of hydrogen-bond donors (Lipinski definition) is 2. The van der Waals surface area contributed by atoms with E-state index in [4.69, 9.17) is 4.74 Å². The zero-order valence-electron chi connectivity index (χ0n) is 11.6. The highest BCUT2D eigenvalue weighted by molar-refractivity contribution is 5.68. The molecule has 5 heteroatoms. The molecule has 1 aromatic rings. The van der Waals surface area contributed by atoms with Crippen molar-refractivity contribution in [3.8, 4) is 0 Å². The molecule has 0 aromatic carbocycles. The Kier molecular flexibility index (Phi) is 4.04. The van der Waals surface area contributed by atoms with Crippen LogP contribution in [-0.2, 0) is 4.74 Å². The summed E-state index contributed by atoms with van der Waals surface area (Å²) in [6.45, 7) is 7.19. The van der Waals surface area contributed by atoms with Crippen molar-refractivity contribution in [3.63, 3.8) is 0 Å². The predicted molar refractivity (Wildman–Crippen MR) is 73.0 cm³/mol. The summed E-state index contributed by atoms with van der Waals surface area (Å²) in [6.07, 6.45) is 3.19. The highest BCUT2D eigenvalue weighted by atomic mass is 16.6. The van der Waals surface area contributed by atoms with Crippen molar-refractivity contribution in [1.82, 2.24) is 15.6 Å². The van der Waals surface area contributed by atoms with Gasteiger partial charge in [-0.1, -0.05) is 0 Å². The molecule has 1 saturated heterocycles. The van der Waals surface area contributed by atoms with Gasteiger partial charge in [-0.25, -0.2) is 4.79 Å². The molecule has 0 radical (unpaired) electrons. The van der Waals surface area contributed by atoms with Crippen molar-refractivity contribution < 1.29 is 9.53 Å². The Morgan fingerprint density at radius 2 is 2.05 bits per heavy atom. The first-order chi connectivity index (χ1) is 8.96. The van der Waals surface area contributed by atoms with Crippen LogP contribution in [0, 0.1) is 0 Å². The van der Waals surface area contributed by atoms with Crippen LogP contribution in [0.25, 0.3) is 0 Å². The summed E-state index contributed by atoms with van der Waals surface area (Å²) in [5.74, 6) is 0.260. The van der Waals surface area contributed by atoms with Gasteiger partial charge in [0.2, 0.25) is 0 Å². The topological polar surface area (TPSA) is 63.2 Å². The van der Waals surface area contributed by atoms with Crippen LogP contribution in [-0.4, -0.2) is 35.8 Å². The summed E-state index contributed by atoms with van der Waals surface area (Å²) in [5, 5.41) is 6.24. The predicted octanol–water partition coefficient (Wildman–Crippen LogP) is 1.66. The molecule has 2 atom stereocenters. The lowest BCUT2D eigenvalue weighted by molar-refractivity contribution is 0.0504. The first-order valence-electron chi connectivity index (χ1n) is 6.56. The molecule has 1 amide bonds. The molecule has 1 aromatic heterocycles. The van der Waals surface area contributed by atoms with Crippen LogP contribution in [0.3, 0.4) is 0 Å². The van der Waals surface area contributed by atoms with Crippen molar-refractivity contribution in [2.75, 3.05) is 13.1 Å². The summed E-state index contributed by atoms with van der Waals surface area (Å²) < 4.78 is 5.29. The fourth-order valence-electron chi connectivity index (χ4n) is 2.25. The third kappa shape index (κ3) is 3.92. The first-order valence-corrected chi connectivity index (χ1v) is 6.56. The van der Waals surface area contributed by atoms with Gasteiger partial charge in [0.25, 0.3) is 0 Å². The second kappa shape index (κ2) is 5.57. The Balaban J connectivity index is 1.98. The molecule has 1 aliphatic heterocycles. The van der Waals surface area contributed by atoms with Crippen LogP contribution >= 0.6 is 0 Å². The molecule has 0 saturated carbocycles. The van der Waals surface area contributed by atoms with Crippen molar-refractivity contribution in [2.24, 2.45) is 0 Å². The molecular formula is C14H21N3O2. The van der Waals surface area contributed by atoms with E-state index in [1.807, 2.05) is 32.9 Å². The largest absolute Gasteiger partial charge is 0.444 e. The molecular weight excluding hydrogens is 242 g/mol. The zero-order chi connectivity index (χ0) is 13.9. The lowest BCUT2D eigenvalue weighted by Gasteiger charge is -2.24. The Morgan fingerprint density at radius 3 is 2.68 bits per heavy atom. The van der Waals surface area contributed by atoms with Gasteiger partial charge in [-0.15, -0.1) is 0 Å². The third-order valence-corrected chi connectivity index (χ3v) is 3.05. The number of nitrogens with one attached hydrogen (secondary N) is 2. The van der Waals surface area contributed by atoms with E-state index in [-0.39, 0.29) is 18.1 Å². The number of carbonyl (C=O) groups is 1. The zero-order valence-corrected chi connectivity index (χ0v) is 11.6. The molecule has 1 fully saturated rings. The minimum Gasteiger partial charge on any atom is -0.444 e. The quantitative estimate of drug-likeness (QED) is 0.852. The number of nitrogens with zero attached hydrogens (tertiary/aromatic N) is 1. The van der Waals surface area contributed by atoms with Crippen LogP contribution < -0.4 is 10.6 Å². The Labute approximate surface area is 113 Å². The van der Waals surface area contributed by atoms with Gasteiger partial charge in [-0.05, 0) is 38.5 Å². The first kappa shape index (κ1) is 13.8. The number of aromatic nitrogens is 1. The van der Waals surface area contributed by atoms with E-state index >= 15 is 0 Å². The van der Waals surface area contributed by atoms with Crippen LogP contribution in [0.15, 0.2) is 24.5 Å². The standard InChI is InChI=1S/C14H21N3O2/c1-14(2,3)19-13(18)17-12-9-16-8-11(12)10-4-6-15-7-5-10/h4-7,11-12,16H,8-9H2,1-3H3,(H,17,18)/t11-,12-/m1/s1. The van der Waals surface area contributed by atoms with E-state index in [2.05, 4.69) is 15.6 Å². The highest BCUT2D eigenvalue weighted by Crippen LogP contribution is 2.22. The Hall–Kier alpha value is -1.62. The number of hydrogen-bond acceptors (Lipinski definition) is 4. The fourth-order valence-corrected chi connectivity index (χ4v) is 2.25. The second-order valence-electron chi connectivity index (χ2n) is 5.80. The molecule has 2 heterocycles. The maximum absolute atomic E-state index is 11.8. The van der Waals surface area contributed by atoms with E-state index in [9.17, 15) is 4.79 Å². The van der Waals surface area contributed by atoms with Crippen LogP contribution in [0.2, 0.25) is 0 Å². The van der Waals surface area contributed by atoms with E-state index in [0.29, 0.717) is 0 Å². The van der Waals surface area contributed by atoms with Crippen molar-refractivity contribution in [1.29, 1.82) is 0 Å². The van der Waals surface area contributed by atoms with Gasteiger partial charge in [0.05, 0.1) is 6.04 Å². The average molecular weight is 263 g/mol. The third-order valence-electron chi connectivity index (χ3n) is 3.05. The van der Waals surface area contributed by atoms with E-state index in [1.54, 1.807) is 12.4 Å². The molecule has 19 heavy (non-hydrogen) atoms. The lowest BCUT2D eigenvalue weighted by Crippen LogP contribution is -2.42. The average Bonchev–Trinajstić information content (AvgIpc) is 2.75. The summed E-state index contributed by atoms with van der Waals surface area (Å²) in [6, 6.07) is 4.03. The maximum Gasteiger partial charge on any atom is 0.407 e. The molecule has 104 valence electrons. The highest BCUT2D eigenvalue weighted by Gasteiger charge is 2.30. The van der Waals surface area contributed by atoms with Crippen LogP contribution in [0.5, 0.6) is 0 Å². The number of ether oxygens (including phenoxy) is 1. The molecule has 2 rings (SSSR count). The Bertz CT molecular complexity index is 428. The maximum atomic E-state index is 11.8. The van der Waals surface area contributed by atoms with Gasteiger partial charge < -0.3 is 15.4 Å². The van der Waals surface area contributed by atoms with Crippen LogP contribution in [0.4, 0.5) is 4.79 Å². The number of carbonyl (C=O) groups excluding carboxylic acids is 1. The number of pyridine rings is 1. The van der Waals surface area contributed by atoms with Crippen molar-refractivity contribution >= 4 is 6.09 Å². The summed E-state index contributed by atoms with van der Waals surface area (Å²) in [5.41, 5.74) is 0.712. The van der Waals surface area contributed by atoms with E-state index in [1.165, 1.54) is 5.56 Å². The second-order valence-corrected chi connectivity index (χ2v) is 5.80. The minimum absolute atomic E-state index is 0.0530. The Morgan fingerprint density at radius 1 is 1.37 bits per heavy atom. The number of rotatable bonds is 2. The van der Waals surface area contributed by atoms with Crippen molar-refractivity contribution in [3.05, 3.63) is 30.1 Å². The number of alkyl carbamates (subject to hydrolysis) is 1. The van der Waals surface area contributed by atoms with E-state index < -0.39 is 5.60 Å². The normalized spacial score (nSPS) is 23.1. The van der Waals surface area contributed by atoms with Gasteiger partial charge in [0, 0.05) is 31.4 Å². The molecule has 1 aliphatic rings. The van der Waals surface area contributed by atoms with Crippen molar-refractivity contribution in [2.45, 2.75) is 38.3 Å². The van der Waals surface area contributed by atoms with E-state index in [0.717, 1.165) is 13.1 Å². The van der Waals surface area contributed by atoms with Gasteiger partial charge in [-0.3, -0.25) is 4.98 Å². The molecule has 5 nitrogen and oxygen atoms in total. The summed E-state index contributed by atoms with van der Waals surface area (Å²) >= 11 is 0. The summed E-state index contributed by atoms with van der Waals surface area (Å²) in [7, 11) is 0. The molecule has 2 N–H and O–H groups in total. The smallest absolute Gasteiger partial charge is 0.407 e. The molecule has 0 aliphatic carbocycles. The minimum atomic E-state index is -0.470. The molecule has 0 unspecified atom stereocenters. The SMILES string of the molecule is CC(C)(C)OC(=O)N[C@@H]1CNC[C@@H]1c1ccncc1. The van der Waals surface area contributed by atoms with Gasteiger partial charge in [-0.2, -0.15) is 0 Å². The molecule has 0 spiro atoms. The number of amides is 1. The van der Waals surface area contributed by atoms with Gasteiger partial charge in [0.1, 0.15) is 5.60 Å². The van der Waals surface area contributed by atoms with Crippen LogP contribution in [0.1, 0.15) is 32.3 Å². The van der Waals surface area contributed by atoms with Gasteiger partial charge in [0.15, 0.2) is 0 Å². The monoisotopic (exact) mass is 263 g/mol. The fraction of sp³-hybridized carbons (Fsp3) is 0.571. The summed E-state index contributed by atoms with van der Waals surface area (Å²) in [4.78, 5) is 15.8. The van der Waals surface area contributed by atoms with Gasteiger partial charge >= 0.3 is 6.09 Å². The lowest BCUT2D eigenvalue weighted by atomic mass is 9.95.